The number of hydrogen-bond donors (Lipinski definition) is 2. The van der Waals surface area contributed by atoms with E-state index < -0.39 is 0 Å². The van der Waals surface area contributed by atoms with Gasteiger partial charge in [0, 0.05) is 17.0 Å². The van der Waals surface area contributed by atoms with Crippen molar-refractivity contribution in [2.75, 3.05) is 18.1 Å². The summed E-state index contributed by atoms with van der Waals surface area (Å²) in [6.45, 7) is 4.98. The highest BCUT2D eigenvalue weighted by molar-refractivity contribution is 7.98. The molecule has 0 aliphatic heterocycles. The van der Waals surface area contributed by atoms with Crippen LogP contribution in [-0.4, -0.2) is 18.7 Å². The van der Waals surface area contributed by atoms with Gasteiger partial charge in [-0.1, -0.05) is 19.9 Å². The molecule has 0 fully saturated rings. The summed E-state index contributed by atoms with van der Waals surface area (Å²) >= 11 is 1.67. The first-order valence-electron chi connectivity index (χ1n) is 6.61. The average Bonchev–Trinajstić information content (AvgIpc) is 2.37. The number of anilines is 1. The fourth-order valence-corrected chi connectivity index (χ4v) is 2.35. The molecule has 3 nitrogen and oxygen atoms in total. The predicted octanol–water partition coefficient (Wildman–Crippen LogP) is 3.50. The Balaban J connectivity index is 2.46. The monoisotopic (exact) mass is 280 g/mol. The lowest BCUT2D eigenvalue weighted by molar-refractivity contribution is -0.116. The molecule has 1 rings (SSSR count). The van der Waals surface area contributed by atoms with Crippen LogP contribution in [0.2, 0.25) is 0 Å². The largest absolute Gasteiger partial charge is 0.330 e. The van der Waals surface area contributed by atoms with Crippen molar-refractivity contribution in [3.05, 3.63) is 24.3 Å². The molecule has 0 saturated carbocycles. The number of thioether (sulfide) groups is 1. The number of rotatable bonds is 7. The maximum absolute atomic E-state index is 11.9. The third-order valence-corrected chi connectivity index (χ3v) is 3.93. The molecule has 106 valence electrons. The molecular weight excluding hydrogens is 256 g/mol. The zero-order valence-corrected chi connectivity index (χ0v) is 12.8. The van der Waals surface area contributed by atoms with Gasteiger partial charge in [-0.25, -0.2) is 0 Å². The minimum Gasteiger partial charge on any atom is -0.330 e. The second kappa shape index (κ2) is 7.56. The predicted molar refractivity (Wildman–Crippen MR) is 83.5 cm³/mol. The molecule has 1 amide bonds. The van der Waals surface area contributed by atoms with E-state index in [9.17, 15) is 4.79 Å². The first-order valence-corrected chi connectivity index (χ1v) is 7.83. The minimum atomic E-state index is 0.0725. The van der Waals surface area contributed by atoms with E-state index >= 15 is 0 Å². The molecule has 0 spiro atoms. The normalized spacial score (nSPS) is 11.4. The van der Waals surface area contributed by atoms with Gasteiger partial charge in [0.25, 0.3) is 0 Å². The van der Waals surface area contributed by atoms with Gasteiger partial charge in [0.15, 0.2) is 0 Å². The Kier molecular flexibility index (Phi) is 6.38. The van der Waals surface area contributed by atoms with Crippen molar-refractivity contribution in [3.8, 4) is 0 Å². The van der Waals surface area contributed by atoms with Crippen molar-refractivity contribution in [2.24, 2.45) is 11.1 Å². The van der Waals surface area contributed by atoms with Gasteiger partial charge in [-0.2, -0.15) is 0 Å². The van der Waals surface area contributed by atoms with Crippen molar-refractivity contribution in [1.82, 2.24) is 0 Å². The van der Waals surface area contributed by atoms with Gasteiger partial charge in [0.1, 0.15) is 0 Å². The van der Waals surface area contributed by atoms with Crippen LogP contribution in [0.3, 0.4) is 0 Å². The van der Waals surface area contributed by atoms with Gasteiger partial charge in [0.05, 0.1) is 0 Å². The summed E-state index contributed by atoms with van der Waals surface area (Å²) < 4.78 is 0. The summed E-state index contributed by atoms with van der Waals surface area (Å²) in [4.78, 5) is 13.1. The lowest BCUT2D eigenvalue weighted by Gasteiger charge is -2.23. The molecule has 0 radical (unpaired) electrons. The Morgan fingerprint density at radius 1 is 1.37 bits per heavy atom. The van der Waals surface area contributed by atoms with E-state index in [0.717, 1.165) is 23.4 Å². The molecule has 0 saturated heterocycles. The van der Waals surface area contributed by atoms with Crippen LogP contribution in [0.25, 0.3) is 0 Å². The van der Waals surface area contributed by atoms with Crippen molar-refractivity contribution < 1.29 is 4.79 Å². The van der Waals surface area contributed by atoms with Gasteiger partial charge in [-0.05, 0) is 49.3 Å². The molecule has 1 aromatic carbocycles. The topological polar surface area (TPSA) is 55.1 Å². The minimum absolute atomic E-state index is 0.0725. The standard InChI is InChI=1S/C15H24N2OS/c1-15(2,9-10-16)8-7-14(18)17-12-5-4-6-13(11-12)19-3/h4-6,11H,7-10,16H2,1-3H3,(H,17,18). The quantitative estimate of drug-likeness (QED) is 0.752. The Morgan fingerprint density at radius 3 is 2.74 bits per heavy atom. The third kappa shape index (κ3) is 6.12. The molecule has 0 heterocycles. The smallest absolute Gasteiger partial charge is 0.224 e. The fourth-order valence-electron chi connectivity index (χ4n) is 1.89. The van der Waals surface area contributed by atoms with E-state index in [1.165, 1.54) is 0 Å². The Bertz CT molecular complexity index is 418. The highest BCUT2D eigenvalue weighted by Crippen LogP contribution is 2.26. The van der Waals surface area contributed by atoms with Crippen LogP contribution < -0.4 is 11.1 Å². The summed E-state index contributed by atoms with van der Waals surface area (Å²) in [7, 11) is 0. The van der Waals surface area contributed by atoms with E-state index in [4.69, 9.17) is 5.73 Å². The molecule has 1 aromatic rings. The van der Waals surface area contributed by atoms with Crippen LogP contribution in [0.15, 0.2) is 29.2 Å². The molecule has 0 bridgehead atoms. The van der Waals surface area contributed by atoms with Gasteiger partial charge in [0.2, 0.25) is 5.91 Å². The second-order valence-corrected chi connectivity index (χ2v) is 6.36. The van der Waals surface area contributed by atoms with E-state index in [1.807, 2.05) is 30.5 Å². The first kappa shape index (κ1) is 16.1. The molecule has 3 N–H and O–H groups in total. The van der Waals surface area contributed by atoms with Gasteiger partial charge in [-0.3, -0.25) is 4.79 Å². The van der Waals surface area contributed by atoms with E-state index in [1.54, 1.807) is 11.8 Å². The molecule has 4 heteroatoms. The van der Waals surface area contributed by atoms with E-state index in [-0.39, 0.29) is 11.3 Å². The Morgan fingerprint density at radius 2 is 2.11 bits per heavy atom. The fraction of sp³-hybridized carbons (Fsp3) is 0.533. The van der Waals surface area contributed by atoms with Crippen LogP contribution >= 0.6 is 11.8 Å². The van der Waals surface area contributed by atoms with Crippen LogP contribution in [0.5, 0.6) is 0 Å². The zero-order chi connectivity index (χ0) is 14.3. The van der Waals surface area contributed by atoms with Crippen molar-refractivity contribution >= 4 is 23.4 Å². The molecule has 0 atom stereocenters. The highest BCUT2D eigenvalue weighted by atomic mass is 32.2. The number of amides is 1. The lowest BCUT2D eigenvalue weighted by atomic mass is 9.84. The van der Waals surface area contributed by atoms with Crippen LogP contribution in [0.1, 0.15) is 33.1 Å². The lowest BCUT2D eigenvalue weighted by Crippen LogP contribution is -2.20. The number of nitrogens with two attached hydrogens (primary N) is 1. The third-order valence-electron chi connectivity index (χ3n) is 3.20. The summed E-state index contributed by atoms with van der Waals surface area (Å²) in [5.41, 5.74) is 6.57. The number of nitrogens with one attached hydrogen (secondary N) is 1. The Hall–Kier alpha value is -1.00. The number of benzene rings is 1. The first-order chi connectivity index (χ1) is 8.96. The van der Waals surface area contributed by atoms with Crippen LogP contribution in [-0.2, 0) is 4.79 Å². The van der Waals surface area contributed by atoms with Gasteiger partial charge < -0.3 is 11.1 Å². The maximum atomic E-state index is 11.9. The second-order valence-electron chi connectivity index (χ2n) is 5.48. The molecule has 0 aliphatic carbocycles. The SMILES string of the molecule is CSc1cccc(NC(=O)CCC(C)(C)CCN)c1. The molecular formula is C15H24N2OS. The van der Waals surface area contributed by atoms with Gasteiger partial charge in [-0.15, -0.1) is 11.8 Å². The molecule has 0 aliphatic rings. The number of carbonyl (C=O) groups excluding carboxylic acids is 1. The zero-order valence-electron chi connectivity index (χ0n) is 12.0. The average molecular weight is 280 g/mol. The summed E-state index contributed by atoms with van der Waals surface area (Å²) in [5, 5.41) is 2.95. The van der Waals surface area contributed by atoms with Crippen molar-refractivity contribution in [2.45, 2.75) is 38.0 Å². The number of carbonyl (C=O) groups is 1. The summed E-state index contributed by atoms with van der Waals surface area (Å²) in [6, 6.07) is 7.90. The molecule has 0 aromatic heterocycles. The van der Waals surface area contributed by atoms with Crippen LogP contribution in [0, 0.1) is 5.41 Å². The Labute approximate surface area is 120 Å². The van der Waals surface area contributed by atoms with Crippen molar-refractivity contribution in [3.63, 3.8) is 0 Å². The maximum Gasteiger partial charge on any atom is 0.224 e. The van der Waals surface area contributed by atoms with Crippen molar-refractivity contribution in [1.29, 1.82) is 0 Å². The molecule has 19 heavy (non-hydrogen) atoms. The van der Waals surface area contributed by atoms with Gasteiger partial charge >= 0.3 is 0 Å². The van der Waals surface area contributed by atoms with E-state index in [2.05, 4.69) is 19.2 Å². The van der Waals surface area contributed by atoms with E-state index in [0.29, 0.717) is 13.0 Å². The summed E-state index contributed by atoms with van der Waals surface area (Å²) in [6.07, 6.45) is 4.37. The molecule has 0 unspecified atom stereocenters. The highest BCUT2D eigenvalue weighted by Gasteiger charge is 2.18. The van der Waals surface area contributed by atoms with Crippen LogP contribution in [0.4, 0.5) is 5.69 Å². The number of hydrogen-bond acceptors (Lipinski definition) is 3. The summed E-state index contributed by atoms with van der Waals surface area (Å²) in [5.74, 6) is 0.0725.